The molecule has 96 valence electrons. The van der Waals surface area contributed by atoms with Crippen molar-refractivity contribution < 1.29 is 0 Å². The topological polar surface area (TPSA) is 15.3 Å². The first-order valence-corrected chi connectivity index (χ1v) is 7.67. The predicted molar refractivity (Wildman–Crippen MR) is 80.7 cm³/mol. The van der Waals surface area contributed by atoms with Gasteiger partial charge in [-0.3, -0.25) is 0 Å². The molecule has 0 spiro atoms. The number of nitrogens with zero attached hydrogens (tertiary/aromatic N) is 1. The second-order valence-corrected chi connectivity index (χ2v) is 6.00. The zero-order valence-corrected chi connectivity index (χ0v) is 11.7. The second-order valence-electron chi connectivity index (χ2n) is 5.05. The monoisotopic (exact) mass is 260 g/mol. The van der Waals surface area contributed by atoms with Gasteiger partial charge in [0.1, 0.15) is 0 Å². The Bertz CT molecular complexity index is 520. The third-order valence-corrected chi connectivity index (χ3v) is 4.67. The van der Waals surface area contributed by atoms with Crippen LogP contribution in [0.3, 0.4) is 0 Å². The van der Waals surface area contributed by atoms with Gasteiger partial charge in [0.2, 0.25) is 0 Å². The normalized spacial score (nSPS) is 19.8. The molecular formula is C15H20N2S. The smallest absolute Gasteiger partial charge is 0.0373 e. The highest BCUT2D eigenvalue weighted by Gasteiger charge is 2.22. The maximum Gasteiger partial charge on any atom is 0.0373 e. The number of hydrogen-bond acceptors (Lipinski definition) is 3. The van der Waals surface area contributed by atoms with Gasteiger partial charge in [0.15, 0.2) is 0 Å². The van der Waals surface area contributed by atoms with Gasteiger partial charge in [0.05, 0.1) is 0 Å². The van der Waals surface area contributed by atoms with E-state index in [0.29, 0.717) is 0 Å². The van der Waals surface area contributed by atoms with Gasteiger partial charge in [0, 0.05) is 23.5 Å². The van der Waals surface area contributed by atoms with Crippen LogP contribution < -0.4 is 10.2 Å². The SMILES string of the molecule is CCNCC1CCN(c2ccc3sccc3c2)C1. The van der Waals surface area contributed by atoms with Crippen LogP contribution in [0.25, 0.3) is 10.1 Å². The van der Waals surface area contributed by atoms with E-state index in [-0.39, 0.29) is 0 Å². The summed E-state index contributed by atoms with van der Waals surface area (Å²) in [6.07, 6.45) is 1.31. The van der Waals surface area contributed by atoms with Crippen LogP contribution in [-0.2, 0) is 0 Å². The molecule has 1 unspecified atom stereocenters. The Kier molecular flexibility index (Phi) is 3.52. The van der Waals surface area contributed by atoms with E-state index in [1.807, 2.05) is 11.3 Å². The van der Waals surface area contributed by atoms with E-state index >= 15 is 0 Å². The van der Waals surface area contributed by atoms with E-state index < -0.39 is 0 Å². The highest BCUT2D eigenvalue weighted by atomic mass is 32.1. The van der Waals surface area contributed by atoms with Crippen molar-refractivity contribution in [2.24, 2.45) is 5.92 Å². The lowest BCUT2D eigenvalue weighted by Crippen LogP contribution is -2.26. The Morgan fingerprint density at radius 3 is 3.22 bits per heavy atom. The van der Waals surface area contributed by atoms with Crippen molar-refractivity contribution in [1.29, 1.82) is 0 Å². The van der Waals surface area contributed by atoms with Crippen molar-refractivity contribution in [1.82, 2.24) is 5.32 Å². The zero-order valence-electron chi connectivity index (χ0n) is 10.9. The van der Waals surface area contributed by atoms with Gasteiger partial charge < -0.3 is 10.2 Å². The molecule has 1 aromatic heterocycles. The largest absolute Gasteiger partial charge is 0.371 e. The third-order valence-electron chi connectivity index (χ3n) is 3.77. The van der Waals surface area contributed by atoms with Gasteiger partial charge in [-0.25, -0.2) is 0 Å². The summed E-state index contributed by atoms with van der Waals surface area (Å²) >= 11 is 1.82. The molecule has 1 fully saturated rings. The minimum atomic E-state index is 0.808. The number of benzene rings is 1. The van der Waals surface area contributed by atoms with Crippen molar-refractivity contribution >= 4 is 27.1 Å². The van der Waals surface area contributed by atoms with Gasteiger partial charge in [0.25, 0.3) is 0 Å². The summed E-state index contributed by atoms with van der Waals surface area (Å²) in [5.74, 6) is 0.808. The summed E-state index contributed by atoms with van der Waals surface area (Å²) in [4.78, 5) is 2.53. The molecule has 3 heteroatoms. The van der Waals surface area contributed by atoms with Crippen molar-refractivity contribution in [3.05, 3.63) is 29.6 Å². The summed E-state index contributed by atoms with van der Waals surface area (Å²) < 4.78 is 1.39. The number of rotatable bonds is 4. The molecule has 0 amide bonds. The molecule has 1 saturated heterocycles. The summed E-state index contributed by atoms with van der Waals surface area (Å²) in [5, 5.41) is 7.02. The van der Waals surface area contributed by atoms with Crippen molar-refractivity contribution in [2.45, 2.75) is 13.3 Å². The van der Waals surface area contributed by atoms with Crippen LogP contribution in [0.15, 0.2) is 29.6 Å². The summed E-state index contributed by atoms with van der Waals surface area (Å²) in [7, 11) is 0. The van der Waals surface area contributed by atoms with Gasteiger partial charge in [-0.15, -0.1) is 11.3 Å². The highest BCUT2D eigenvalue weighted by molar-refractivity contribution is 7.17. The Balaban J connectivity index is 1.71. The van der Waals surface area contributed by atoms with Crippen LogP contribution in [0.2, 0.25) is 0 Å². The lowest BCUT2D eigenvalue weighted by atomic mass is 10.1. The van der Waals surface area contributed by atoms with E-state index in [2.05, 4.69) is 46.8 Å². The first-order valence-electron chi connectivity index (χ1n) is 6.79. The fraction of sp³-hybridized carbons (Fsp3) is 0.467. The van der Waals surface area contributed by atoms with Crippen LogP contribution in [0.4, 0.5) is 5.69 Å². The molecule has 0 radical (unpaired) electrons. The lowest BCUT2D eigenvalue weighted by molar-refractivity contribution is 0.528. The maximum absolute atomic E-state index is 3.46. The molecule has 3 rings (SSSR count). The Morgan fingerprint density at radius 1 is 1.39 bits per heavy atom. The fourth-order valence-corrected chi connectivity index (χ4v) is 3.50. The molecule has 2 nitrogen and oxygen atoms in total. The van der Waals surface area contributed by atoms with Crippen molar-refractivity contribution in [2.75, 3.05) is 31.1 Å². The van der Waals surface area contributed by atoms with Crippen molar-refractivity contribution in [3.8, 4) is 0 Å². The highest BCUT2D eigenvalue weighted by Crippen LogP contribution is 2.29. The molecule has 2 aromatic rings. The van der Waals surface area contributed by atoms with E-state index in [4.69, 9.17) is 0 Å². The van der Waals surface area contributed by atoms with E-state index in [1.165, 1.54) is 35.3 Å². The molecule has 2 heterocycles. The van der Waals surface area contributed by atoms with E-state index in [9.17, 15) is 0 Å². The van der Waals surface area contributed by atoms with Gasteiger partial charge in [-0.2, -0.15) is 0 Å². The van der Waals surface area contributed by atoms with E-state index in [1.54, 1.807) is 0 Å². The lowest BCUT2D eigenvalue weighted by Gasteiger charge is -2.19. The molecule has 1 aromatic carbocycles. The number of thiophene rings is 1. The maximum atomic E-state index is 3.46. The molecule has 1 aliphatic heterocycles. The van der Waals surface area contributed by atoms with Crippen LogP contribution in [-0.4, -0.2) is 26.2 Å². The minimum absolute atomic E-state index is 0.808. The fourth-order valence-electron chi connectivity index (χ4n) is 2.73. The number of hydrogen-bond donors (Lipinski definition) is 1. The average molecular weight is 260 g/mol. The number of fused-ring (bicyclic) bond motifs is 1. The predicted octanol–water partition coefficient (Wildman–Crippen LogP) is 3.34. The Morgan fingerprint density at radius 2 is 2.33 bits per heavy atom. The van der Waals surface area contributed by atoms with Gasteiger partial charge in [-0.1, -0.05) is 6.92 Å². The van der Waals surface area contributed by atoms with Crippen LogP contribution in [0.1, 0.15) is 13.3 Å². The first kappa shape index (κ1) is 12.0. The van der Waals surface area contributed by atoms with Crippen LogP contribution in [0.5, 0.6) is 0 Å². The molecule has 1 N–H and O–H groups in total. The molecule has 1 atom stereocenters. The van der Waals surface area contributed by atoms with Crippen molar-refractivity contribution in [3.63, 3.8) is 0 Å². The van der Waals surface area contributed by atoms with Crippen LogP contribution in [0, 0.1) is 5.92 Å². The van der Waals surface area contributed by atoms with E-state index in [0.717, 1.165) is 19.0 Å². The second kappa shape index (κ2) is 5.29. The third kappa shape index (κ3) is 2.38. The van der Waals surface area contributed by atoms with Gasteiger partial charge in [-0.05, 0) is 60.5 Å². The minimum Gasteiger partial charge on any atom is -0.371 e. The molecule has 18 heavy (non-hydrogen) atoms. The Hall–Kier alpha value is -1.06. The summed E-state index contributed by atoms with van der Waals surface area (Å²) in [6.45, 7) is 6.82. The average Bonchev–Trinajstić information content (AvgIpc) is 3.04. The number of nitrogens with one attached hydrogen (secondary N) is 1. The molecule has 0 bridgehead atoms. The standard InChI is InChI=1S/C15H20N2S/c1-2-16-10-12-5-7-17(11-12)14-3-4-15-13(9-14)6-8-18-15/h3-4,6,8-9,12,16H,2,5,7,10-11H2,1H3. The Labute approximate surface area is 113 Å². The molecule has 1 aliphatic rings. The first-order chi connectivity index (χ1) is 8.86. The van der Waals surface area contributed by atoms with Crippen LogP contribution >= 0.6 is 11.3 Å². The molecule has 0 saturated carbocycles. The summed E-state index contributed by atoms with van der Waals surface area (Å²) in [6, 6.07) is 9.08. The quantitative estimate of drug-likeness (QED) is 0.907. The molecule has 0 aliphatic carbocycles. The number of anilines is 1. The summed E-state index contributed by atoms with van der Waals surface area (Å²) in [5.41, 5.74) is 1.39. The zero-order chi connectivity index (χ0) is 12.4. The van der Waals surface area contributed by atoms with Gasteiger partial charge >= 0.3 is 0 Å². The molecular weight excluding hydrogens is 240 g/mol.